The summed E-state index contributed by atoms with van der Waals surface area (Å²) in [5.41, 5.74) is 6.35. The predicted octanol–water partition coefficient (Wildman–Crippen LogP) is -1.52. The number of nitrogens with one attached hydrogen (secondary N) is 1. The Morgan fingerprint density at radius 1 is 1.25 bits per heavy atom. The molecule has 2 heteroatoms. The van der Waals surface area contributed by atoms with Crippen LogP contribution in [0.3, 0.4) is 0 Å². The van der Waals surface area contributed by atoms with Crippen LogP contribution < -0.4 is 17.3 Å². The molecule has 1 fully saturated rings. The third kappa shape index (κ3) is 1.59. The van der Waals surface area contributed by atoms with E-state index in [1.54, 1.807) is 21.6 Å². The number of likely N-dealkylation sites (tertiary alicyclic amines) is 1. The zero-order valence-electron chi connectivity index (χ0n) is 9.89. The summed E-state index contributed by atoms with van der Waals surface area (Å²) in [4.78, 5) is 1.67. The number of piperidine rings is 1. The zero-order chi connectivity index (χ0) is 10.4. The van der Waals surface area contributed by atoms with Crippen LogP contribution in [0.4, 0.5) is 0 Å². The smallest absolute Gasteiger partial charge is 0.0877 e. The SMILES string of the molecule is CC1=C2CC[NH+](C)CC2c2ccccc21.[Cl-]. The molecule has 0 saturated carbocycles. The molecule has 1 aliphatic heterocycles. The van der Waals surface area contributed by atoms with E-state index in [2.05, 4.69) is 38.2 Å². The fourth-order valence-corrected chi connectivity index (χ4v) is 3.16. The first-order valence-electron chi connectivity index (χ1n) is 5.87. The highest BCUT2D eigenvalue weighted by Crippen LogP contribution is 2.42. The maximum absolute atomic E-state index is 2.31. The first-order chi connectivity index (χ1) is 7.27. The normalized spacial score (nSPS) is 27.1. The van der Waals surface area contributed by atoms with E-state index in [1.807, 2.05) is 0 Å². The quantitative estimate of drug-likeness (QED) is 0.557. The predicted molar refractivity (Wildman–Crippen MR) is 63.0 cm³/mol. The maximum atomic E-state index is 2.31. The van der Waals surface area contributed by atoms with Crippen LogP contribution in [-0.2, 0) is 0 Å². The largest absolute Gasteiger partial charge is 1.00 e. The first-order valence-corrected chi connectivity index (χ1v) is 5.87. The van der Waals surface area contributed by atoms with E-state index in [9.17, 15) is 0 Å². The molecule has 0 spiro atoms. The Bertz CT molecular complexity index is 436. The van der Waals surface area contributed by atoms with Gasteiger partial charge in [-0.2, -0.15) is 0 Å². The Morgan fingerprint density at radius 3 is 2.81 bits per heavy atom. The molecule has 2 aliphatic rings. The lowest BCUT2D eigenvalue weighted by Crippen LogP contribution is -3.10. The second-order valence-corrected chi connectivity index (χ2v) is 4.95. The van der Waals surface area contributed by atoms with E-state index in [4.69, 9.17) is 0 Å². The van der Waals surface area contributed by atoms with E-state index in [0.29, 0.717) is 0 Å². The third-order valence-corrected chi connectivity index (χ3v) is 4.02. The number of benzene rings is 1. The van der Waals surface area contributed by atoms with Crippen LogP contribution in [0, 0.1) is 0 Å². The molecule has 0 amide bonds. The van der Waals surface area contributed by atoms with E-state index in [0.717, 1.165) is 5.92 Å². The molecule has 16 heavy (non-hydrogen) atoms. The standard InChI is InChI=1S/C14H17N.ClH/c1-10-11-5-3-4-6-13(11)14-9-15(2)8-7-12(10)14;/h3-6,14H,7-9H2,1-2H3;1H. The summed E-state index contributed by atoms with van der Waals surface area (Å²) in [5, 5.41) is 0. The molecule has 1 aromatic rings. The van der Waals surface area contributed by atoms with Crippen molar-refractivity contribution < 1.29 is 17.3 Å². The van der Waals surface area contributed by atoms with Gasteiger partial charge in [-0.25, -0.2) is 0 Å². The number of fused-ring (bicyclic) bond motifs is 3. The molecule has 2 atom stereocenters. The minimum Gasteiger partial charge on any atom is -1.00 e. The molecule has 0 aromatic heterocycles. The zero-order valence-corrected chi connectivity index (χ0v) is 10.6. The van der Waals surface area contributed by atoms with Crippen LogP contribution in [-0.4, -0.2) is 20.1 Å². The molecular weight excluding hydrogens is 218 g/mol. The van der Waals surface area contributed by atoms with Crippen molar-refractivity contribution in [1.82, 2.24) is 0 Å². The summed E-state index contributed by atoms with van der Waals surface area (Å²) < 4.78 is 0. The Labute approximate surface area is 104 Å². The lowest BCUT2D eigenvalue weighted by Gasteiger charge is -2.27. The summed E-state index contributed by atoms with van der Waals surface area (Å²) >= 11 is 0. The van der Waals surface area contributed by atoms with E-state index >= 15 is 0 Å². The van der Waals surface area contributed by atoms with Crippen molar-refractivity contribution >= 4 is 5.57 Å². The van der Waals surface area contributed by atoms with Crippen molar-refractivity contribution in [2.45, 2.75) is 19.3 Å². The molecule has 1 heterocycles. The van der Waals surface area contributed by atoms with Gasteiger partial charge in [0.2, 0.25) is 0 Å². The van der Waals surface area contributed by atoms with E-state index in [1.165, 1.54) is 25.1 Å². The number of rotatable bonds is 0. The third-order valence-electron chi connectivity index (χ3n) is 4.02. The number of hydrogen-bond acceptors (Lipinski definition) is 0. The van der Waals surface area contributed by atoms with Crippen molar-refractivity contribution in [3.8, 4) is 0 Å². The van der Waals surface area contributed by atoms with Gasteiger partial charge < -0.3 is 17.3 Å². The average Bonchev–Trinajstić information content (AvgIpc) is 2.54. The molecule has 0 bridgehead atoms. The molecule has 1 saturated heterocycles. The first kappa shape index (κ1) is 11.7. The van der Waals surface area contributed by atoms with Crippen molar-refractivity contribution in [3.63, 3.8) is 0 Å². The van der Waals surface area contributed by atoms with Gasteiger partial charge in [0.1, 0.15) is 0 Å². The Kier molecular flexibility index (Phi) is 3.09. The van der Waals surface area contributed by atoms with Gasteiger partial charge in [-0.05, 0) is 29.2 Å². The van der Waals surface area contributed by atoms with Gasteiger partial charge in [-0.15, -0.1) is 0 Å². The van der Waals surface area contributed by atoms with Gasteiger partial charge in [0.05, 0.1) is 26.1 Å². The molecule has 3 rings (SSSR count). The molecule has 86 valence electrons. The molecule has 2 unspecified atom stereocenters. The van der Waals surface area contributed by atoms with E-state index < -0.39 is 0 Å². The fourth-order valence-electron chi connectivity index (χ4n) is 3.16. The molecule has 1 N–H and O–H groups in total. The summed E-state index contributed by atoms with van der Waals surface area (Å²) in [6.45, 7) is 4.88. The highest BCUT2D eigenvalue weighted by molar-refractivity contribution is 5.77. The average molecular weight is 236 g/mol. The van der Waals surface area contributed by atoms with Crippen molar-refractivity contribution in [3.05, 3.63) is 41.0 Å². The minimum atomic E-state index is 0. The summed E-state index contributed by atoms with van der Waals surface area (Å²) in [5.74, 6) is 0.718. The summed E-state index contributed by atoms with van der Waals surface area (Å²) in [6.07, 6.45) is 1.29. The molecule has 1 aliphatic carbocycles. The molecular formula is C14H18ClN. The number of halogens is 1. The second-order valence-electron chi connectivity index (χ2n) is 4.95. The van der Waals surface area contributed by atoms with Crippen molar-refractivity contribution in [1.29, 1.82) is 0 Å². The van der Waals surface area contributed by atoms with Crippen LogP contribution in [0.15, 0.2) is 29.8 Å². The number of quaternary nitrogens is 1. The summed E-state index contributed by atoms with van der Waals surface area (Å²) in [7, 11) is 2.31. The van der Waals surface area contributed by atoms with Crippen molar-refractivity contribution in [2.75, 3.05) is 20.1 Å². The van der Waals surface area contributed by atoms with E-state index in [-0.39, 0.29) is 12.4 Å². The monoisotopic (exact) mass is 235 g/mol. The minimum absolute atomic E-state index is 0. The highest BCUT2D eigenvalue weighted by atomic mass is 35.5. The van der Waals surface area contributed by atoms with Crippen molar-refractivity contribution in [2.24, 2.45) is 0 Å². The van der Waals surface area contributed by atoms with Crippen LogP contribution >= 0.6 is 0 Å². The lowest BCUT2D eigenvalue weighted by atomic mass is 9.90. The van der Waals surface area contributed by atoms with Crippen LogP contribution in [0.5, 0.6) is 0 Å². The van der Waals surface area contributed by atoms with Gasteiger partial charge in [0.15, 0.2) is 0 Å². The van der Waals surface area contributed by atoms with Gasteiger partial charge >= 0.3 is 0 Å². The lowest BCUT2D eigenvalue weighted by molar-refractivity contribution is -0.883. The Morgan fingerprint density at radius 2 is 2.00 bits per heavy atom. The van der Waals surface area contributed by atoms with Gasteiger partial charge in [-0.3, -0.25) is 0 Å². The van der Waals surface area contributed by atoms with Crippen LogP contribution in [0.1, 0.15) is 30.4 Å². The highest BCUT2D eigenvalue weighted by Gasteiger charge is 2.34. The van der Waals surface area contributed by atoms with Gasteiger partial charge in [0, 0.05) is 6.42 Å². The molecule has 0 radical (unpaired) electrons. The van der Waals surface area contributed by atoms with Gasteiger partial charge in [-0.1, -0.05) is 24.3 Å². The summed E-state index contributed by atoms with van der Waals surface area (Å²) in [6, 6.07) is 8.94. The number of allylic oxidation sites excluding steroid dienone is 1. The fraction of sp³-hybridized carbons (Fsp3) is 0.429. The van der Waals surface area contributed by atoms with Gasteiger partial charge in [0.25, 0.3) is 0 Å². The molecule has 1 nitrogen and oxygen atoms in total. The topological polar surface area (TPSA) is 4.44 Å². The number of hydrogen-bond donors (Lipinski definition) is 1. The Balaban J connectivity index is 0.000000963. The Hall–Kier alpha value is -0.790. The maximum Gasteiger partial charge on any atom is 0.0877 e. The molecule has 1 aromatic carbocycles. The second kappa shape index (κ2) is 4.23. The number of likely N-dealkylation sites (N-methyl/N-ethyl adjacent to an activating group) is 1. The van der Waals surface area contributed by atoms with Crippen LogP contribution in [0.25, 0.3) is 5.57 Å². The van der Waals surface area contributed by atoms with Crippen LogP contribution in [0.2, 0.25) is 0 Å².